The lowest BCUT2D eigenvalue weighted by molar-refractivity contribution is 0.393. The molecule has 2 aromatic rings. The molecule has 1 aliphatic rings. The fraction of sp³-hybridized carbons (Fsp3) is 0.600. The van der Waals surface area contributed by atoms with Gasteiger partial charge in [-0.15, -0.1) is 0 Å². The molecular weight excluding hydrogens is 392 g/mol. The maximum atomic E-state index is 5.25. The molecule has 1 aliphatic heterocycles. The monoisotopic (exact) mass is 412 g/mol. The summed E-state index contributed by atoms with van der Waals surface area (Å²) < 4.78 is 10.5. The first-order valence-electron chi connectivity index (χ1n) is 7.79. The van der Waals surface area contributed by atoms with Crippen LogP contribution in [-0.2, 0) is 5.41 Å². The molecule has 0 aliphatic carbocycles. The zero-order chi connectivity index (χ0) is 17.3. The molecule has 9 heteroatoms. The summed E-state index contributed by atoms with van der Waals surface area (Å²) in [4.78, 5) is 18.0. The molecule has 0 aromatic carbocycles. The molecule has 0 amide bonds. The lowest BCUT2D eigenvalue weighted by atomic mass is 9.96. The van der Waals surface area contributed by atoms with E-state index >= 15 is 0 Å². The van der Waals surface area contributed by atoms with Crippen LogP contribution in [0.25, 0.3) is 0 Å². The van der Waals surface area contributed by atoms with E-state index < -0.39 is 0 Å². The van der Waals surface area contributed by atoms with Crippen molar-refractivity contribution in [3.05, 3.63) is 16.5 Å². The van der Waals surface area contributed by atoms with Crippen LogP contribution >= 0.6 is 27.5 Å². The first-order valence-corrected chi connectivity index (χ1v) is 9.36. The summed E-state index contributed by atoms with van der Waals surface area (Å²) in [5.41, 5.74) is -0.0155. The predicted octanol–water partition coefficient (Wildman–Crippen LogP) is 2.72. The van der Waals surface area contributed by atoms with Gasteiger partial charge in [0.25, 0.3) is 0 Å². The summed E-state index contributed by atoms with van der Waals surface area (Å²) in [5, 5.41) is 0.994. The Balaban J connectivity index is 1.66. The summed E-state index contributed by atoms with van der Waals surface area (Å²) in [7, 11) is 1.61. The number of halogens is 1. The highest BCUT2D eigenvalue weighted by molar-refractivity contribution is 9.10. The summed E-state index contributed by atoms with van der Waals surface area (Å²) in [5.74, 6) is 2.16. The van der Waals surface area contributed by atoms with Crippen molar-refractivity contribution in [1.82, 2.24) is 19.3 Å². The highest BCUT2D eigenvalue weighted by atomic mass is 79.9. The number of ether oxygens (including phenoxy) is 1. The Morgan fingerprint density at radius 2 is 1.79 bits per heavy atom. The lowest BCUT2D eigenvalue weighted by Crippen LogP contribution is -2.47. The molecular formula is C15H21BrN6OS. The molecule has 7 nitrogen and oxygen atoms in total. The third-order valence-electron chi connectivity index (χ3n) is 3.81. The van der Waals surface area contributed by atoms with Crippen molar-refractivity contribution < 1.29 is 4.74 Å². The van der Waals surface area contributed by atoms with E-state index in [1.807, 2.05) is 0 Å². The summed E-state index contributed by atoms with van der Waals surface area (Å²) >= 11 is 4.86. The molecule has 0 bridgehead atoms. The van der Waals surface area contributed by atoms with Crippen LogP contribution in [0.2, 0.25) is 0 Å². The fourth-order valence-corrected chi connectivity index (χ4v) is 3.65. The molecule has 0 saturated carbocycles. The van der Waals surface area contributed by atoms with Gasteiger partial charge in [-0.1, -0.05) is 20.8 Å². The van der Waals surface area contributed by atoms with E-state index in [-0.39, 0.29) is 5.41 Å². The van der Waals surface area contributed by atoms with E-state index in [0.29, 0.717) is 11.8 Å². The van der Waals surface area contributed by atoms with Crippen molar-refractivity contribution in [2.45, 2.75) is 26.2 Å². The minimum atomic E-state index is -0.0155. The first kappa shape index (κ1) is 17.3. The van der Waals surface area contributed by atoms with E-state index in [0.717, 1.165) is 41.6 Å². The molecule has 0 unspecified atom stereocenters. The molecule has 3 heterocycles. The molecule has 130 valence electrons. The van der Waals surface area contributed by atoms with Crippen molar-refractivity contribution in [3.8, 4) is 5.88 Å². The quantitative estimate of drug-likeness (QED) is 0.767. The van der Waals surface area contributed by atoms with Crippen LogP contribution in [0.5, 0.6) is 5.88 Å². The van der Waals surface area contributed by atoms with Crippen LogP contribution in [0.15, 0.2) is 10.7 Å². The van der Waals surface area contributed by atoms with Crippen molar-refractivity contribution in [2.24, 2.45) is 0 Å². The minimum absolute atomic E-state index is 0.0155. The second kappa shape index (κ2) is 6.79. The van der Waals surface area contributed by atoms with Gasteiger partial charge in [0, 0.05) is 43.1 Å². The number of hydrogen-bond donors (Lipinski definition) is 0. The normalized spacial score (nSPS) is 15.7. The Morgan fingerprint density at radius 3 is 2.38 bits per heavy atom. The highest BCUT2D eigenvalue weighted by Gasteiger charge is 2.25. The number of anilines is 2. The predicted molar refractivity (Wildman–Crippen MR) is 99.3 cm³/mol. The van der Waals surface area contributed by atoms with Gasteiger partial charge in [0.1, 0.15) is 5.82 Å². The lowest BCUT2D eigenvalue weighted by Gasteiger charge is -2.34. The van der Waals surface area contributed by atoms with Gasteiger partial charge in [-0.2, -0.15) is 9.36 Å². The Morgan fingerprint density at radius 1 is 1.12 bits per heavy atom. The molecule has 0 radical (unpaired) electrons. The Labute approximate surface area is 154 Å². The number of nitrogens with zero attached hydrogens (tertiary/aromatic N) is 6. The number of piperazine rings is 1. The summed E-state index contributed by atoms with van der Waals surface area (Å²) in [6, 6.07) is 0. The first-order chi connectivity index (χ1) is 11.4. The van der Waals surface area contributed by atoms with Crippen LogP contribution in [0.1, 0.15) is 26.6 Å². The van der Waals surface area contributed by atoms with Crippen molar-refractivity contribution >= 4 is 38.5 Å². The zero-order valence-corrected chi connectivity index (χ0v) is 16.7. The average Bonchev–Trinajstić information content (AvgIpc) is 3.06. The van der Waals surface area contributed by atoms with Gasteiger partial charge in [-0.05, 0) is 15.9 Å². The topological polar surface area (TPSA) is 67.3 Å². The number of methoxy groups -OCH3 is 1. The highest BCUT2D eigenvalue weighted by Crippen LogP contribution is 2.27. The Kier molecular flexibility index (Phi) is 4.91. The second-order valence-electron chi connectivity index (χ2n) is 6.65. The standard InChI is InChI=1S/C15H21BrN6OS/c1-15(2,3)12-19-14(24-20-12)22-7-5-21(6-8-22)13-17-9-10(16)11(18-13)23-4/h9H,5-8H2,1-4H3. The number of aromatic nitrogens is 4. The molecule has 0 atom stereocenters. The molecule has 3 rings (SSSR count). The summed E-state index contributed by atoms with van der Waals surface area (Å²) in [6.07, 6.45) is 1.73. The van der Waals surface area contributed by atoms with E-state index in [1.54, 1.807) is 13.3 Å². The average molecular weight is 413 g/mol. The van der Waals surface area contributed by atoms with Gasteiger partial charge < -0.3 is 14.5 Å². The minimum Gasteiger partial charge on any atom is -0.480 e. The molecule has 24 heavy (non-hydrogen) atoms. The SMILES string of the molecule is COc1nc(N2CCN(c3nc(C(C)(C)C)ns3)CC2)ncc1Br. The molecule has 0 spiro atoms. The van der Waals surface area contributed by atoms with Crippen molar-refractivity contribution in [2.75, 3.05) is 43.1 Å². The van der Waals surface area contributed by atoms with Crippen molar-refractivity contribution in [3.63, 3.8) is 0 Å². The van der Waals surface area contributed by atoms with E-state index in [9.17, 15) is 0 Å². The van der Waals surface area contributed by atoms with Gasteiger partial charge in [-0.25, -0.2) is 9.97 Å². The van der Waals surface area contributed by atoms with Crippen LogP contribution in [0.3, 0.4) is 0 Å². The van der Waals surface area contributed by atoms with Gasteiger partial charge in [-0.3, -0.25) is 0 Å². The van der Waals surface area contributed by atoms with E-state index in [4.69, 9.17) is 9.72 Å². The summed E-state index contributed by atoms with van der Waals surface area (Å²) in [6.45, 7) is 9.84. The number of rotatable bonds is 3. The molecule has 2 aromatic heterocycles. The Bertz CT molecular complexity index is 708. The molecule has 1 saturated heterocycles. The third kappa shape index (κ3) is 3.61. The van der Waals surface area contributed by atoms with Crippen LogP contribution < -0.4 is 14.5 Å². The molecule has 1 fully saturated rings. The maximum Gasteiger partial charge on any atom is 0.232 e. The third-order valence-corrected chi connectivity index (χ3v) is 5.13. The zero-order valence-electron chi connectivity index (χ0n) is 14.3. The van der Waals surface area contributed by atoms with E-state index in [1.165, 1.54) is 11.5 Å². The van der Waals surface area contributed by atoms with Gasteiger partial charge in [0.2, 0.25) is 17.0 Å². The maximum absolute atomic E-state index is 5.25. The van der Waals surface area contributed by atoms with E-state index in [2.05, 4.69) is 60.8 Å². The van der Waals surface area contributed by atoms with Gasteiger partial charge >= 0.3 is 0 Å². The Hall–Kier alpha value is -1.48. The smallest absolute Gasteiger partial charge is 0.232 e. The largest absolute Gasteiger partial charge is 0.480 e. The fourth-order valence-electron chi connectivity index (χ4n) is 2.38. The van der Waals surface area contributed by atoms with Gasteiger partial charge in [0.15, 0.2) is 0 Å². The molecule has 0 N–H and O–H groups in total. The van der Waals surface area contributed by atoms with Crippen LogP contribution in [0, 0.1) is 0 Å². The second-order valence-corrected chi connectivity index (χ2v) is 8.24. The van der Waals surface area contributed by atoms with Crippen LogP contribution in [-0.4, -0.2) is 52.6 Å². The number of hydrogen-bond acceptors (Lipinski definition) is 8. The van der Waals surface area contributed by atoms with Gasteiger partial charge in [0.05, 0.1) is 17.8 Å². The van der Waals surface area contributed by atoms with Crippen molar-refractivity contribution in [1.29, 1.82) is 0 Å². The van der Waals surface area contributed by atoms with Crippen LogP contribution in [0.4, 0.5) is 11.1 Å².